The third-order valence-corrected chi connectivity index (χ3v) is 1.55. The molecule has 0 aliphatic carbocycles. The third-order valence-electron chi connectivity index (χ3n) is 1.55. The van der Waals surface area contributed by atoms with E-state index >= 15 is 0 Å². The van der Waals surface area contributed by atoms with E-state index < -0.39 is 0 Å². The van der Waals surface area contributed by atoms with E-state index in [1.54, 1.807) is 11.8 Å². The Morgan fingerprint density at radius 2 is 2.38 bits per heavy atom. The number of hydrogen-bond donors (Lipinski definition) is 0. The number of nitrogens with zero attached hydrogens (tertiary/aromatic N) is 3. The maximum Gasteiger partial charge on any atom is 0.140 e. The monoisotopic (exact) mass is 185 g/mol. The van der Waals surface area contributed by atoms with Gasteiger partial charge >= 0.3 is 0 Å². The maximum absolute atomic E-state index is 5.20. The van der Waals surface area contributed by atoms with Gasteiger partial charge in [0.2, 0.25) is 0 Å². The van der Waals surface area contributed by atoms with Crippen LogP contribution in [0, 0.1) is 0 Å². The molecule has 0 bridgehead atoms. The number of ether oxygens (including phenoxy) is 2. The first kappa shape index (κ1) is 10.1. The minimum absolute atomic E-state index is 0.446. The molecule has 0 amide bonds. The van der Waals surface area contributed by atoms with Gasteiger partial charge in [0.15, 0.2) is 0 Å². The van der Waals surface area contributed by atoms with Gasteiger partial charge in [0, 0.05) is 20.1 Å². The topological polar surface area (TPSA) is 49.2 Å². The van der Waals surface area contributed by atoms with Crippen LogP contribution < -0.4 is 0 Å². The first-order chi connectivity index (χ1) is 6.36. The second kappa shape index (κ2) is 5.66. The molecular formula is C8H15N3O2. The van der Waals surface area contributed by atoms with Crippen molar-refractivity contribution in [3.05, 3.63) is 11.9 Å². The molecule has 0 saturated heterocycles. The van der Waals surface area contributed by atoms with E-state index in [4.69, 9.17) is 9.47 Å². The zero-order valence-electron chi connectivity index (χ0n) is 8.06. The number of aromatic nitrogens is 3. The number of methoxy groups -OCH3 is 1. The molecule has 13 heavy (non-hydrogen) atoms. The van der Waals surface area contributed by atoms with Crippen molar-refractivity contribution in [1.82, 2.24) is 15.0 Å². The van der Waals surface area contributed by atoms with Gasteiger partial charge in [-0.25, -0.2) is 4.68 Å². The van der Waals surface area contributed by atoms with Crippen LogP contribution in [0.3, 0.4) is 0 Å². The lowest BCUT2D eigenvalue weighted by Crippen LogP contribution is -2.00. The first-order valence-corrected chi connectivity index (χ1v) is 4.32. The minimum Gasteiger partial charge on any atom is -0.381 e. The highest BCUT2D eigenvalue weighted by Crippen LogP contribution is 1.94. The minimum atomic E-state index is 0.446. The van der Waals surface area contributed by atoms with Crippen molar-refractivity contribution >= 4 is 0 Å². The van der Waals surface area contributed by atoms with Gasteiger partial charge in [0.05, 0.1) is 18.5 Å². The van der Waals surface area contributed by atoms with E-state index in [0.29, 0.717) is 13.3 Å². The highest BCUT2D eigenvalue weighted by molar-refractivity contribution is 4.91. The summed E-state index contributed by atoms with van der Waals surface area (Å²) in [6.07, 6.45) is 2.67. The predicted molar refractivity (Wildman–Crippen MR) is 47.2 cm³/mol. The van der Waals surface area contributed by atoms with Gasteiger partial charge < -0.3 is 9.47 Å². The molecule has 1 aromatic heterocycles. The van der Waals surface area contributed by atoms with Crippen molar-refractivity contribution in [3.8, 4) is 0 Å². The summed E-state index contributed by atoms with van der Waals surface area (Å²) in [6, 6.07) is 0. The van der Waals surface area contributed by atoms with Crippen LogP contribution in [0.25, 0.3) is 0 Å². The zero-order chi connectivity index (χ0) is 9.52. The molecule has 1 rings (SSSR count). The van der Waals surface area contributed by atoms with Crippen LogP contribution in [0.1, 0.15) is 12.6 Å². The Bertz CT molecular complexity index is 237. The molecule has 0 aliphatic heterocycles. The quantitative estimate of drug-likeness (QED) is 0.604. The van der Waals surface area contributed by atoms with Crippen molar-refractivity contribution in [3.63, 3.8) is 0 Å². The highest BCUT2D eigenvalue weighted by atomic mass is 16.5. The summed E-state index contributed by atoms with van der Waals surface area (Å²) in [6.45, 7) is 3.86. The molecule has 0 fully saturated rings. The lowest BCUT2D eigenvalue weighted by molar-refractivity contribution is 0.119. The van der Waals surface area contributed by atoms with Gasteiger partial charge in [-0.1, -0.05) is 5.21 Å². The Morgan fingerprint density at radius 1 is 1.54 bits per heavy atom. The van der Waals surface area contributed by atoms with Gasteiger partial charge in [-0.05, 0) is 6.92 Å². The molecule has 5 nitrogen and oxygen atoms in total. The zero-order valence-corrected chi connectivity index (χ0v) is 8.06. The van der Waals surface area contributed by atoms with Crippen molar-refractivity contribution in [2.45, 2.75) is 20.1 Å². The summed E-state index contributed by atoms with van der Waals surface area (Å²) >= 11 is 0. The highest BCUT2D eigenvalue weighted by Gasteiger charge is 1.99. The molecule has 0 radical (unpaired) electrons. The first-order valence-electron chi connectivity index (χ1n) is 4.32. The summed E-state index contributed by atoms with van der Waals surface area (Å²) in [4.78, 5) is 0. The summed E-state index contributed by atoms with van der Waals surface area (Å²) < 4.78 is 11.7. The van der Waals surface area contributed by atoms with Gasteiger partial charge in [-0.3, -0.25) is 0 Å². The molecule has 74 valence electrons. The molecule has 0 aromatic carbocycles. The van der Waals surface area contributed by atoms with Crippen LogP contribution in [0.2, 0.25) is 0 Å². The van der Waals surface area contributed by atoms with E-state index in [9.17, 15) is 0 Å². The Kier molecular flexibility index (Phi) is 4.42. The van der Waals surface area contributed by atoms with Crippen LogP contribution in [0.5, 0.6) is 0 Å². The summed E-state index contributed by atoms with van der Waals surface area (Å²) in [5.41, 5.74) is 0.936. The van der Waals surface area contributed by atoms with E-state index in [-0.39, 0.29) is 0 Å². The predicted octanol–water partition coefficient (Wildman–Crippen LogP) is 0.461. The molecule has 0 atom stereocenters. The second-order valence-corrected chi connectivity index (χ2v) is 2.61. The van der Waals surface area contributed by atoms with Gasteiger partial charge in [-0.15, -0.1) is 5.10 Å². The van der Waals surface area contributed by atoms with Crippen LogP contribution >= 0.6 is 0 Å². The standard InChI is InChI=1S/C8H15N3O2/c1-3-13-5-4-8-6-11(7-12-2)10-9-8/h6H,3-5,7H2,1-2H3. The molecule has 0 N–H and O–H groups in total. The Labute approximate surface area is 77.6 Å². The van der Waals surface area contributed by atoms with Crippen molar-refractivity contribution in [2.75, 3.05) is 20.3 Å². The second-order valence-electron chi connectivity index (χ2n) is 2.61. The van der Waals surface area contributed by atoms with Crippen molar-refractivity contribution < 1.29 is 9.47 Å². The van der Waals surface area contributed by atoms with Crippen LogP contribution in [0.4, 0.5) is 0 Å². The fourth-order valence-corrected chi connectivity index (χ4v) is 0.970. The Balaban J connectivity index is 2.31. The maximum atomic E-state index is 5.20. The molecular weight excluding hydrogens is 170 g/mol. The van der Waals surface area contributed by atoms with Crippen molar-refractivity contribution in [2.24, 2.45) is 0 Å². The normalized spacial score (nSPS) is 10.6. The van der Waals surface area contributed by atoms with E-state index in [1.165, 1.54) is 0 Å². The summed E-state index contributed by atoms with van der Waals surface area (Å²) in [5, 5.41) is 7.83. The smallest absolute Gasteiger partial charge is 0.140 e. The lowest BCUT2D eigenvalue weighted by atomic mass is 10.3. The fourth-order valence-electron chi connectivity index (χ4n) is 0.970. The largest absolute Gasteiger partial charge is 0.381 e. The number of hydrogen-bond acceptors (Lipinski definition) is 4. The van der Waals surface area contributed by atoms with E-state index in [1.807, 2.05) is 13.1 Å². The lowest BCUT2D eigenvalue weighted by Gasteiger charge is -1.96. The summed E-state index contributed by atoms with van der Waals surface area (Å²) in [5.74, 6) is 0. The SMILES string of the molecule is CCOCCc1cn(COC)nn1. The average Bonchev–Trinajstić information content (AvgIpc) is 2.54. The molecule has 0 saturated carbocycles. The average molecular weight is 185 g/mol. The molecule has 0 spiro atoms. The van der Waals surface area contributed by atoms with Crippen LogP contribution in [-0.2, 0) is 22.6 Å². The van der Waals surface area contributed by atoms with Gasteiger partial charge in [0.25, 0.3) is 0 Å². The Hall–Kier alpha value is -0.940. The third kappa shape index (κ3) is 3.52. The fraction of sp³-hybridized carbons (Fsp3) is 0.750. The molecule has 1 aromatic rings. The van der Waals surface area contributed by atoms with Gasteiger partial charge in [0.1, 0.15) is 6.73 Å². The van der Waals surface area contributed by atoms with E-state index in [0.717, 1.165) is 18.7 Å². The Morgan fingerprint density at radius 3 is 3.08 bits per heavy atom. The summed E-state index contributed by atoms with van der Waals surface area (Å²) in [7, 11) is 1.63. The molecule has 0 unspecified atom stereocenters. The van der Waals surface area contributed by atoms with Crippen molar-refractivity contribution in [1.29, 1.82) is 0 Å². The molecule has 0 aliphatic rings. The molecule has 5 heteroatoms. The van der Waals surface area contributed by atoms with E-state index in [2.05, 4.69) is 10.3 Å². The molecule has 1 heterocycles. The van der Waals surface area contributed by atoms with Crippen LogP contribution in [0.15, 0.2) is 6.20 Å². The van der Waals surface area contributed by atoms with Crippen LogP contribution in [-0.4, -0.2) is 35.3 Å². The number of rotatable bonds is 6. The van der Waals surface area contributed by atoms with Gasteiger partial charge in [-0.2, -0.15) is 0 Å².